The largest absolute Gasteiger partial charge is 0.497 e. The summed E-state index contributed by atoms with van der Waals surface area (Å²) in [5.41, 5.74) is 4.64. The van der Waals surface area contributed by atoms with Gasteiger partial charge in [-0.3, -0.25) is 13.9 Å². The third-order valence-corrected chi connectivity index (χ3v) is 6.30. The van der Waals surface area contributed by atoms with E-state index in [2.05, 4.69) is 4.57 Å². The van der Waals surface area contributed by atoms with Crippen molar-refractivity contribution < 1.29 is 9.47 Å². The number of hydrogen-bond donors (Lipinski definition) is 0. The third-order valence-electron chi connectivity index (χ3n) is 6.30. The zero-order chi connectivity index (χ0) is 22.6. The maximum absolute atomic E-state index is 13.4. The molecule has 0 saturated carbocycles. The van der Waals surface area contributed by atoms with Gasteiger partial charge in [0.15, 0.2) is 0 Å². The molecule has 1 aliphatic rings. The predicted octanol–water partition coefficient (Wildman–Crippen LogP) is 3.14. The molecule has 0 unspecified atom stereocenters. The van der Waals surface area contributed by atoms with Gasteiger partial charge >= 0.3 is 5.69 Å². The fraction of sp³-hybridized carbons (Fsp3) is 0.280. The molecule has 0 N–H and O–H groups in total. The van der Waals surface area contributed by atoms with Crippen LogP contribution in [-0.4, -0.2) is 27.4 Å². The number of hydrogen-bond acceptors (Lipinski definition) is 4. The summed E-state index contributed by atoms with van der Waals surface area (Å²) in [6.07, 6.45) is -0.408. The van der Waals surface area contributed by atoms with Gasteiger partial charge in [0.2, 0.25) is 0 Å². The fourth-order valence-electron chi connectivity index (χ4n) is 4.62. The zero-order valence-corrected chi connectivity index (χ0v) is 18.6. The van der Waals surface area contributed by atoms with Gasteiger partial charge in [0.1, 0.15) is 11.9 Å². The Balaban J connectivity index is 1.89. The molecule has 0 aliphatic carbocycles. The van der Waals surface area contributed by atoms with Crippen LogP contribution in [0.15, 0.2) is 58.1 Å². The van der Waals surface area contributed by atoms with E-state index in [4.69, 9.17) is 9.47 Å². The summed E-state index contributed by atoms with van der Waals surface area (Å²) < 4.78 is 16.4. The standard InChI is InChI=1S/C25H25N3O4/c1-15-5-7-16(8-6-15)20-19-21(26(2)25(30)27(3)24(19)29)22-23(32-14-13-28(20)22)17-9-11-18(31-4)12-10-17/h5-12,23H,13-14H2,1-4H3/t23-/m0/s1. The van der Waals surface area contributed by atoms with Crippen molar-refractivity contribution in [1.82, 2.24) is 13.7 Å². The van der Waals surface area contributed by atoms with Crippen molar-refractivity contribution in [3.8, 4) is 17.0 Å². The number of aryl methyl sites for hydroxylation is 2. The predicted molar refractivity (Wildman–Crippen MR) is 123 cm³/mol. The molecular formula is C25H25N3O4. The first-order valence-electron chi connectivity index (χ1n) is 10.6. The van der Waals surface area contributed by atoms with Crippen molar-refractivity contribution in [2.75, 3.05) is 13.7 Å². The van der Waals surface area contributed by atoms with E-state index in [0.29, 0.717) is 24.1 Å². The quantitative estimate of drug-likeness (QED) is 0.500. The summed E-state index contributed by atoms with van der Waals surface area (Å²) in [6, 6.07) is 15.8. The number of nitrogens with zero attached hydrogens (tertiary/aromatic N) is 3. The number of rotatable bonds is 3. The first kappa shape index (κ1) is 20.3. The zero-order valence-electron chi connectivity index (χ0n) is 18.6. The lowest BCUT2D eigenvalue weighted by Crippen LogP contribution is -2.37. The average Bonchev–Trinajstić information content (AvgIpc) is 3.17. The van der Waals surface area contributed by atoms with Gasteiger partial charge in [-0.15, -0.1) is 0 Å². The van der Waals surface area contributed by atoms with Crippen LogP contribution in [0.4, 0.5) is 0 Å². The first-order valence-corrected chi connectivity index (χ1v) is 10.6. The van der Waals surface area contributed by atoms with E-state index in [-0.39, 0.29) is 11.2 Å². The van der Waals surface area contributed by atoms with E-state index in [1.54, 1.807) is 18.7 Å². The SMILES string of the molecule is COc1ccc([C@@H]2OCCn3c(-c4ccc(C)cc4)c4c(=O)n(C)c(=O)n(C)c4c32)cc1. The highest BCUT2D eigenvalue weighted by molar-refractivity contribution is 5.96. The van der Waals surface area contributed by atoms with E-state index in [9.17, 15) is 9.59 Å². The number of methoxy groups -OCH3 is 1. The molecule has 32 heavy (non-hydrogen) atoms. The van der Waals surface area contributed by atoms with Crippen molar-refractivity contribution in [2.24, 2.45) is 14.1 Å². The molecule has 2 aromatic carbocycles. The van der Waals surface area contributed by atoms with Gasteiger partial charge < -0.3 is 14.0 Å². The highest BCUT2D eigenvalue weighted by Crippen LogP contribution is 2.40. The molecule has 1 atom stereocenters. The Kier molecular flexibility index (Phi) is 4.78. The summed E-state index contributed by atoms with van der Waals surface area (Å²) in [5, 5.41) is 0.539. The maximum atomic E-state index is 13.4. The monoisotopic (exact) mass is 431 g/mol. The second kappa shape index (κ2) is 7.53. The molecule has 7 nitrogen and oxygen atoms in total. The van der Waals surface area contributed by atoms with Crippen LogP contribution >= 0.6 is 0 Å². The van der Waals surface area contributed by atoms with Crippen molar-refractivity contribution in [3.05, 3.63) is 86.2 Å². The molecular weight excluding hydrogens is 406 g/mol. The van der Waals surface area contributed by atoms with Gasteiger partial charge in [-0.2, -0.15) is 0 Å². The molecule has 0 saturated heterocycles. The van der Waals surface area contributed by atoms with Gasteiger partial charge in [-0.25, -0.2) is 4.79 Å². The summed E-state index contributed by atoms with van der Waals surface area (Å²) in [7, 11) is 4.87. The van der Waals surface area contributed by atoms with Crippen molar-refractivity contribution in [1.29, 1.82) is 0 Å². The molecule has 0 radical (unpaired) electrons. The molecule has 2 aromatic heterocycles. The van der Waals surface area contributed by atoms with Crippen LogP contribution in [0.2, 0.25) is 0 Å². The Morgan fingerprint density at radius 1 is 0.969 bits per heavy atom. The Morgan fingerprint density at radius 2 is 1.66 bits per heavy atom. The summed E-state index contributed by atoms with van der Waals surface area (Å²) in [4.78, 5) is 26.3. The van der Waals surface area contributed by atoms with Crippen molar-refractivity contribution in [2.45, 2.75) is 19.6 Å². The van der Waals surface area contributed by atoms with E-state index in [1.165, 1.54) is 11.6 Å². The van der Waals surface area contributed by atoms with E-state index >= 15 is 0 Å². The van der Waals surface area contributed by atoms with Crippen LogP contribution in [0.1, 0.15) is 22.9 Å². The lowest BCUT2D eigenvalue weighted by atomic mass is 10.0. The normalized spacial score (nSPS) is 15.7. The van der Waals surface area contributed by atoms with Gasteiger partial charge in [0.05, 0.1) is 36.0 Å². The number of ether oxygens (including phenoxy) is 2. The second-order valence-corrected chi connectivity index (χ2v) is 8.20. The Hall–Kier alpha value is -3.58. The minimum absolute atomic E-state index is 0.297. The van der Waals surface area contributed by atoms with Crippen LogP contribution in [0.3, 0.4) is 0 Å². The number of aromatic nitrogens is 3. The third kappa shape index (κ3) is 2.92. The lowest BCUT2D eigenvalue weighted by Gasteiger charge is -2.27. The maximum Gasteiger partial charge on any atom is 0.331 e. The molecule has 0 bridgehead atoms. The molecule has 1 aliphatic heterocycles. The van der Waals surface area contributed by atoms with Crippen LogP contribution in [0.25, 0.3) is 22.2 Å². The van der Waals surface area contributed by atoms with Crippen LogP contribution in [-0.2, 0) is 25.4 Å². The molecule has 0 spiro atoms. The lowest BCUT2D eigenvalue weighted by molar-refractivity contribution is 0.0478. The van der Waals surface area contributed by atoms with E-state index < -0.39 is 6.10 Å². The van der Waals surface area contributed by atoms with Gasteiger partial charge in [-0.1, -0.05) is 42.0 Å². The van der Waals surface area contributed by atoms with Crippen LogP contribution < -0.4 is 16.0 Å². The summed E-state index contributed by atoms with van der Waals surface area (Å²) in [6.45, 7) is 3.13. The topological polar surface area (TPSA) is 67.4 Å². The molecule has 4 aromatic rings. The first-order chi connectivity index (χ1) is 15.4. The molecule has 0 amide bonds. The van der Waals surface area contributed by atoms with E-state index in [1.807, 2.05) is 55.5 Å². The van der Waals surface area contributed by atoms with Gasteiger partial charge in [0, 0.05) is 20.6 Å². The molecule has 0 fully saturated rings. The van der Waals surface area contributed by atoms with Crippen molar-refractivity contribution >= 4 is 10.9 Å². The smallest absolute Gasteiger partial charge is 0.331 e. The number of benzene rings is 2. The van der Waals surface area contributed by atoms with Gasteiger partial charge in [-0.05, 0) is 30.2 Å². The fourth-order valence-corrected chi connectivity index (χ4v) is 4.62. The van der Waals surface area contributed by atoms with Crippen LogP contribution in [0.5, 0.6) is 5.75 Å². The summed E-state index contributed by atoms with van der Waals surface area (Å²) in [5.74, 6) is 0.756. The minimum Gasteiger partial charge on any atom is -0.497 e. The Bertz CT molecular complexity index is 1440. The molecule has 164 valence electrons. The molecule has 7 heteroatoms. The highest BCUT2D eigenvalue weighted by Gasteiger charge is 2.33. The average molecular weight is 431 g/mol. The Labute approximate surface area is 185 Å². The van der Waals surface area contributed by atoms with Gasteiger partial charge in [0.25, 0.3) is 5.56 Å². The number of fused-ring (bicyclic) bond motifs is 3. The summed E-state index contributed by atoms with van der Waals surface area (Å²) >= 11 is 0. The van der Waals surface area contributed by atoms with Crippen LogP contribution in [0, 0.1) is 6.92 Å². The highest BCUT2D eigenvalue weighted by atomic mass is 16.5. The second-order valence-electron chi connectivity index (χ2n) is 8.20. The molecule has 5 rings (SSSR count). The minimum atomic E-state index is -0.408. The molecule has 3 heterocycles. The Morgan fingerprint density at radius 3 is 2.31 bits per heavy atom. The van der Waals surface area contributed by atoms with Crippen molar-refractivity contribution in [3.63, 3.8) is 0 Å². The van der Waals surface area contributed by atoms with E-state index in [0.717, 1.165) is 33.8 Å².